The van der Waals surface area contributed by atoms with Crippen molar-refractivity contribution in [1.29, 1.82) is 0 Å². The Morgan fingerprint density at radius 2 is 2.07 bits per heavy atom. The van der Waals surface area contributed by atoms with Crippen LogP contribution in [0.3, 0.4) is 0 Å². The molecule has 0 radical (unpaired) electrons. The second kappa shape index (κ2) is 7.68. The summed E-state index contributed by atoms with van der Waals surface area (Å²) in [6.07, 6.45) is 5.44. The standard InChI is InChI=1S/C22H27N7O/c1-15-4-3-8-24-19(15)14-27(2)22(30)16-12-28(13-16)21-17-5-9-23-10-6-18(17)26-20-7-11-25-29(20)21/h3-4,7-8,11,16,23H,5-6,9-10,12-14H2,1-2H3. The van der Waals surface area contributed by atoms with Gasteiger partial charge in [-0.3, -0.25) is 9.78 Å². The van der Waals surface area contributed by atoms with E-state index in [4.69, 9.17) is 4.98 Å². The number of rotatable bonds is 4. The van der Waals surface area contributed by atoms with Gasteiger partial charge in [-0.2, -0.15) is 9.61 Å². The van der Waals surface area contributed by atoms with E-state index in [0.29, 0.717) is 19.6 Å². The van der Waals surface area contributed by atoms with Crippen LogP contribution >= 0.6 is 0 Å². The van der Waals surface area contributed by atoms with E-state index in [1.54, 1.807) is 17.3 Å². The highest BCUT2D eigenvalue weighted by atomic mass is 16.2. The molecule has 3 aromatic rings. The van der Waals surface area contributed by atoms with Gasteiger partial charge >= 0.3 is 0 Å². The molecule has 2 aliphatic heterocycles. The molecular weight excluding hydrogens is 378 g/mol. The van der Waals surface area contributed by atoms with Gasteiger partial charge in [-0.1, -0.05) is 6.07 Å². The highest BCUT2D eigenvalue weighted by Gasteiger charge is 2.37. The Morgan fingerprint density at radius 1 is 1.23 bits per heavy atom. The molecule has 3 aromatic heterocycles. The van der Waals surface area contributed by atoms with E-state index in [1.807, 2.05) is 36.7 Å². The number of aromatic nitrogens is 4. The van der Waals surface area contributed by atoms with Crippen molar-refractivity contribution >= 4 is 17.4 Å². The summed E-state index contributed by atoms with van der Waals surface area (Å²) in [7, 11) is 1.87. The van der Waals surface area contributed by atoms with Crippen LogP contribution in [0.5, 0.6) is 0 Å². The lowest BCUT2D eigenvalue weighted by Gasteiger charge is -2.42. The van der Waals surface area contributed by atoms with Crippen molar-refractivity contribution in [3.8, 4) is 0 Å². The lowest BCUT2D eigenvalue weighted by Crippen LogP contribution is -2.55. The number of carbonyl (C=O) groups is 1. The van der Waals surface area contributed by atoms with Crippen molar-refractivity contribution in [2.45, 2.75) is 26.3 Å². The van der Waals surface area contributed by atoms with E-state index in [0.717, 1.165) is 54.3 Å². The Labute approximate surface area is 175 Å². The van der Waals surface area contributed by atoms with E-state index in [1.165, 1.54) is 5.56 Å². The van der Waals surface area contributed by atoms with Gasteiger partial charge in [-0.05, 0) is 31.5 Å². The maximum Gasteiger partial charge on any atom is 0.229 e. The van der Waals surface area contributed by atoms with Crippen molar-refractivity contribution in [3.05, 3.63) is 53.1 Å². The molecule has 1 saturated heterocycles. The second-order valence-electron chi connectivity index (χ2n) is 8.28. The molecule has 0 aliphatic carbocycles. The van der Waals surface area contributed by atoms with Crippen LogP contribution in [-0.2, 0) is 24.2 Å². The lowest BCUT2D eigenvalue weighted by atomic mass is 9.96. The maximum atomic E-state index is 13.0. The van der Waals surface area contributed by atoms with Crippen LogP contribution in [-0.4, -0.2) is 63.6 Å². The third kappa shape index (κ3) is 3.31. The van der Waals surface area contributed by atoms with Gasteiger partial charge in [-0.25, -0.2) is 4.98 Å². The minimum absolute atomic E-state index is 0.00245. The molecular formula is C22H27N7O. The number of fused-ring (bicyclic) bond motifs is 2. The van der Waals surface area contributed by atoms with E-state index in [2.05, 4.69) is 20.3 Å². The number of aryl methyl sites for hydroxylation is 1. The minimum Gasteiger partial charge on any atom is -0.354 e. The van der Waals surface area contributed by atoms with Gasteiger partial charge in [0.15, 0.2) is 5.65 Å². The highest BCUT2D eigenvalue weighted by Crippen LogP contribution is 2.32. The summed E-state index contributed by atoms with van der Waals surface area (Å²) in [6.45, 7) is 5.89. The largest absolute Gasteiger partial charge is 0.354 e. The van der Waals surface area contributed by atoms with E-state index in [9.17, 15) is 4.79 Å². The van der Waals surface area contributed by atoms with Gasteiger partial charge in [-0.15, -0.1) is 0 Å². The van der Waals surface area contributed by atoms with Crippen LogP contribution in [0.25, 0.3) is 5.65 Å². The molecule has 0 unspecified atom stereocenters. The van der Waals surface area contributed by atoms with Crippen molar-refractivity contribution in [2.24, 2.45) is 5.92 Å². The average Bonchev–Trinajstić information content (AvgIpc) is 3.04. The lowest BCUT2D eigenvalue weighted by molar-refractivity contribution is -0.135. The Bertz CT molecular complexity index is 1090. The van der Waals surface area contributed by atoms with E-state index in [-0.39, 0.29) is 11.8 Å². The molecule has 0 spiro atoms. The average molecular weight is 406 g/mol. The fraction of sp³-hybridized carbons (Fsp3) is 0.455. The summed E-state index contributed by atoms with van der Waals surface area (Å²) in [6, 6.07) is 5.91. The second-order valence-corrected chi connectivity index (χ2v) is 8.28. The van der Waals surface area contributed by atoms with Gasteiger partial charge < -0.3 is 15.1 Å². The molecule has 30 heavy (non-hydrogen) atoms. The molecule has 1 fully saturated rings. The molecule has 8 heteroatoms. The summed E-state index contributed by atoms with van der Waals surface area (Å²) < 4.78 is 1.94. The zero-order chi connectivity index (χ0) is 20.7. The number of nitrogens with one attached hydrogen (secondary N) is 1. The Kier molecular flexibility index (Phi) is 4.86. The van der Waals surface area contributed by atoms with Crippen molar-refractivity contribution in [3.63, 3.8) is 0 Å². The fourth-order valence-corrected chi connectivity index (χ4v) is 4.45. The summed E-state index contributed by atoms with van der Waals surface area (Å²) in [5, 5.41) is 7.98. The molecule has 0 saturated carbocycles. The first-order chi connectivity index (χ1) is 14.6. The first-order valence-electron chi connectivity index (χ1n) is 10.6. The molecule has 156 valence electrons. The number of carbonyl (C=O) groups excluding carboxylic acids is 1. The number of hydrogen-bond acceptors (Lipinski definition) is 6. The van der Waals surface area contributed by atoms with Crippen molar-refractivity contribution in [1.82, 2.24) is 29.8 Å². The van der Waals surface area contributed by atoms with E-state index >= 15 is 0 Å². The monoisotopic (exact) mass is 405 g/mol. The number of hydrogen-bond donors (Lipinski definition) is 1. The van der Waals surface area contributed by atoms with Crippen LogP contribution in [0.2, 0.25) is 0 Å². The van der Waals surface area contributed by atoms with Gasteiger partial charge in [0.2, 0.25) is 5.91 Å². The third-order valence-corrected chi connectivity index (χ3v) is 6.19. The predicted molar refractivity (Wildman–Crippen MR) is 114 cm³/mol. The molecule has 0 atom stereocenters. The number of amides is 1. The number of anilines is 1. The van der Waals surface area contributed by atoms with Crippen LogP contribution in [0, 0.1) is 12.8 Å². The van der Waals surface area contributed by atoms with Crippen LogP contribution in [0.4, 0.5) is 5.82 Å². The Morgan fingerprint density at radius 3 is 2.90 bits per heavy atom. The van der Waals surface area contributed by atoms with Crippen LogP contribution < -0.4 is 10.2 Å². The molecule has 8 nitrogen and oxygen atoms in total. The summed E-state index contributed by atoms with van der Waals surface area (Å²) in [4.78, 5) is 26.3. The van der Waals surface area contributed by atoms with Crippen molar-refractivity contribution < 1.29 is 4.79 Å². The normalized spacial score (nSPS) is 16.8. The first kappa shape index (κ1) is 19.0. The van der Waals surface area contributed by atoms with Gasteiger partial charge in [0.05, 0.1) is 30.0 Å². The quantitative estimate of drug-likeness (QED) is 0.703. The molecule has 1 amide bonds. The Balaban J connectivity index is 1.34. The summed E-state index contributed by atoms with van der Waals surface area (Å²) in [5.74, 6) is 1.28. The number of nitrogens with zero attached hydrogens (tertiary/aromatic N) is 6. The van der Waals surface area contributed by atoms with Gasteiger partial charge in [0.1, 0.15) is 5.82 Å². The fourth-order valence-electron chi connectivity index (χ4n) is 4.45. The smallest absolute Gasteiger partial charge is 0.229 e. The minimum atomic E-state index is -0.00245. The summed E-state index contributed by atoms with van der Waals surface area (Å²) >= 11 is 0. The van der Waals surface area contributed by atoms with Gasteiger partial charge in [0, 0.05) is 50.9 Å². The molecule has 0 aromatic carbocycles. The van der Waals surface area contributed by atoms with Crippen molar-refractivity contribution in [2.75, 3.05) is 38.1 Å². The topological polar surface area (TPSA) is 78.7 Å². The highest BCUT2D eigenvalue weighted by molar-refractivity contribution is 5.82. The number of pyridine rings is 1. The summed E-state index contributed by atoms with van der Waals surface area (Å²) in [5.41, 5.74) is 5.36. The predicted octanol–water partition coefficient (Wildman–Crippen LogP) is 1.22. The van der Waals surface area contributed by atoms with Crippen LogP contribution in [0.1, 0.15) is 22.5 Å². The maximum absolute atomic E-state index is 13.0. The molecule has 5 rings (SSSR count). The zero-order valence-electron chi connectivity index (χ0n) is 17.5. The Hall–Kier alpha value is -3.00. The first-order valence-corrected chi connectivity index (χ1v) is 10.6. The SMILES string of the molecule is Cc1cccnc1CN(C)C(=O)C1CN(c2c3c(nc4ccnn24)CCNCC3)C1. The van der Waals surface area contributed by atoms with E-state index < -0.39 is 0 Å². The zero-order valence-corrected chi connectivity index (χ0v) is 17.5. The molecule has 2 aliphatic rings. The van der Waals surface area contributed by atoms with Crippen LogP contribution in [0.15, 0.2) is 30.6 Å². The molecule has 1 N–H and O–H groups in total. The molecule has 5 heterocycles. The third-order valence-electron chi connectivity index (χ3n) is 6.19. The van der Waals surface area contributed by atoms with Gasteiger partial charge in [0.25, 0.3) is 0 Å². The molecule has 0 bridgehead atoms.